The number of hydrogen-bond acceptors (Lipinski definition) is 3. The molecule has 0 fully saturated rings. The van der Waals surface area contributed by atoms with E-state index in [1.807, 2.05) is 0 Å². The molecule has 0 heterocycles. The molecule has 3 nitrogen and oxygen atoms in total. The van der Waals surface area contributed by atoms with Gasteiger partial charge in [-0.1, -0.05) is 31.9 Å². The molecule has 0 radical (unpaired) electrons. The Morgan fingerprint density at radius 2 is 1.50 bits per heavy atom. The average molecular weight is 296 g/mol. The van der Waals surface area contributed by atoms with E-state index in [-0.39, 0.29) is 0 Å². The third-order valence-corrected chi connectivity index (χ3v) is 1.88. The standard InChI is InChI=1S/C4H8Br2O3S/c5-1-3-8-10(7)9-4-2-6/h1-4H2. The monoisotopic (exact) mass is 294 g/mol. The summed E-state index contributed by atoms with van der Waals surface area (Å²) in [4.78, 5) is 0. The van der Waals surface area contributed by atoms with Crippen LogP contribution in [0.2, 0.25) is 0 Å². The van der Waals surface area contributed by atoms with Gasteiger partial charge < -0.3 is 0 Å². The predicted octanol–water partition coefficient (Wildman–Crippen LogP) is 1.39. The van der Waals surface area contributed by atoms with Crippen LogP contribution in [0.4, 0.5) is 0 Å². The van der Waals surface area contributed by atoms with E-state index < -0.39 is 11.4 Å². The zero-order valence-electron chi connectivity index (χ0n) is 5.22. The maximum Gasteiger partial charge on any atom is 0.304 e. The molecule has 0 aliphatic heterocycles. The molecule has 0 bridgehead atoms. The number of hydrogen-bond donors (Lipinski definition) is 0. The molecule has 0 aliphatic rings. The Bertz CT molecular complexity index is 90.5. The molecule has 0 saturated carbocycles. The molecular weight excluding hydrogens is 288 g/mol. The summed E-state index contributed by atoms with van der Waals surface area (Å²) in [6.45, 7) is 0.795. The van der Waals surface area contributed by atoms with Crippen LogP contribution in [0.15, 0.2) is 0 Å². The molecule has 0 spiro atoms. The molecule has 0 rings (SSSR count). The van der Waals surface area contributed by atoms with Crippen LogP contribution in [0.5, 0.6) is 0 Å². The van der Waals surface area contributed by atoms with Crippen LogP contribution in [-0.4, -0.2) is 28.1 Å². The zero-order valence-corrected chi connectivity index (χ0v) is 9.21. The summed E-state index contributed by atoms with van der Waals surface area (Å²) < 4.78 is 19.9. The number of halogens is 2. The Morgan fingerprint density at radius 3 is 1.80 bits per heavy atom. The van der Waals surface area contributed by atoms with Crippen LogP contribution in [0.25, 0.3) is 0 Å². The highest BCUT2D eigenvalue weighted by Gasteiger charge is 1.97. The lowest BCUT2D eigenvalue weighted by molar-refractivity contribution is 0.273. The first-order valence-corrected chi connectivity index (χ1v) is 5.85. The van der Waals surface area contributed by atoms with Gasteiger partial charge in [0.25, 0.3) is 0 Å². The molecule has 0 amide bonds. The quantitative estimate of drug-likeness (QED) is 0.695. The molecule has 0 N–H and O–H groups in total. The molecule has 0 saturated heterocycles. The maximum atomic E-state index is 10.6. The minimum Gasteiger partial charge on any atom is -0.268 e. The van der Waals surface area contributed by atoms with Crippen LogP contribution >= 0.6 is 31.9 Å². The van der Waals surface area contributed by atoms with Crippen LogP contribution < -0.4 is 0 Å². The SMILES string of the molecule is O=S(OCCBr)OCCBr. The first kappa shape index (κ1) is 11.0. The van der Waals surface area contributed by atoms with Crippen molar-refractivity contribution >= 4 is 43.2 Å². The average Bonchev–Trinajstić information content (AvgIpc) is 1.97. The Labute approximate surface area is 79.6 Å². The highest BCUT2D eigenvalue weighted by molar-refractivity contribution is 9.09. The maximum absolute atomic E-state index is 10.6. The zero-order chi connectivity index (χ0) is 7.82. The summed E-state index contributed by atoms with van der Waals surface area (Å²) in [6.07, 6.45) is 0. The van der Waals surface area contributed by atoms with Gasteiger partial charge in [-0.15, -0.1) is 0 Å². The summed E-state index contributed by atoms with van der Waals surface area (Å²) >= 11 is 4.66. The van der Waals surface area contributed by atoms with Gasteiger partial charge >= 0.3 is 11.4 Å². The first-order chi connectivity index (χ1) is 4.81. The van der Waals surface area contributed by atoms with Crippen molar-refractivity contribution in [2.75, 3.05) is 23.9 Å². The van der Waals surface area contributed by atoms with Gasteiger partial charge in [0.2, 0.25) is 0 Å². The molecule has 6 heteroatoms. The van der Waals surface area contributed by atoms with E-state index in [1.165, 1.54) is 0 Å². The van der Waals surface area contributed by atoms with Crippen molar-refractivity contribution in [1.29, 1.82) is 0 Å². The van der Waals surface area contributed by atoms with Gasteiger partial charge in [0.15, 0.2) is 0 Å². The first-order valence-electron chi connectivity index (χ1n) is 2.61. The van der Waals surface area contributed by atoms with Crippen molar-refractivity contribution in [2.24, 2.45) is 0 Å². The highest BCUT2D eigenvalue weighted by Crippen LogP contribution is 1.92. The molecule has 0 atom stereocenters. The third-order valence-electron chi connectivity index (χ3n) is 0.513. The normalized spacial score (nSPS) is 10.7. The highest BCUT2D eigenvalue weighted by atomic mass is 79.9. The molecular formula is C4H8Br2O3S. The smallest absolute Gasteiger partial charge is 0.268 e. The molecule has 0 unspecified atom stereocenters. The van der Waals surface area contributed by atoms with Crippen LogP contribution in [0.3, 0.4) is 0 Å². The van der Waals surface area contributed by atoms with E-state index >= 15 is 0 Å². The van der Waals surface area contributed by atoms with Crippen molar-refractivity contribution in [3.8, 4) is 0 Å². The molecule has 0 aromatic heterocycles. The van der Waals surface area contributed by atoms with Gasteiger partial charge in [-0.05, 0) is 0 Å². The van der Waals surface area contributed by atoms with Crippen molar-refractivity contribution in [2.45, 2.75) is 0 Å². The fourth-order valence-electron chi connectivity index (χ4n) is 0.233. The van der Waals surface area contributed by atoms with E-state index in [0.717, 1.165) is 0 Å². The summed E-state index contributed by atoms with van der Waals surface area (Å²) in [7, 11) is 0. The van der Waals surface area contributed by atoms with Crippen molar-refractivity contribution < 1.29 is 12.6 Å². The minimum absolute atomic E-state index is 0.398. The lowest BCUT2D eigenvalue weighted by Gasteiger charge is -1.98. The fourth-order valence-corrected chi connectivity index (χ4v) is 1.49. The Hall–Kier alpha value is 1.03. The van der Waals surface area contributed by atoms with Crippen molar-refractivity contribution in [3.05, 3.63) is 0 Å². The summed E-state index contributed by atoms with van der Waals surface area (Å²) in [5.41, 5.74) is 0. The minimum atomic E-state index is -1.58. The van der Waals surface area contributed by atoms with Crippen LogP contribution in [0, 0.1) is 0 Å². The Balaban J connectivity index is 3.09. The van der Waals surface area contributed by atoms with Gasteiger partial charge in [-0.25, -0.2) is 0 Å². The van der Waals surface area contributed by atoms with Gasteiger partial charge in [0, 0.05) is 10.7 Å². The molecule has 62 valence electrons. The second-order valence-electron chi connectivity index (χ2n) is 1.23. The summed E-state index contributed by atoms with van der Waals surface area (Å²) in [5, 5.41) is 1.33. The second kappa shape index (κ2) is 8.13. The van der Waals surface area contributed by atoms with Crippen LogP contribution in [0.1, 0.15) is 0 Å². The van der Waals surface area contributed by atoms with Gasteiger partial charge in [-0.2, -0.15) is 4.21 Å². The Morgan fingerprint density at radius 1 is 1.10 bits per heavy atom. The number of rotatable bonds is 6. The summed E-state index contributed by atoms with van der Waals surface area (Å²) in [6, 6.07) is 0. The van der Waals surface area contributed by atoms with Crippen molar-refractivity contribution in [3.63, 3.8) is 0 Å². The second-order valence-corrected chi connectivity index (χ2v) is 3.69. The van der Waals surface area contributed by atoms with Gasteiger partial charge in [-0.3, -0.25) is 8.37 Å². The van der Waals surface area contributed by atoms with E-state index in [9.17, 15) is 4.21 Å². The molecule has 10 heavy (non-hydrogen) atoms. The fraction of sp³-hybridized carbons (Fsp3) is 1.00. The van der Waals surface area contributed by atoms with Gasteiger partial charge in [0.05, 0.1) is 13.2 Å². The third kappa shape index (κ3) is 7.14. The lowest BCUT2D eigenvalue weighted by Crippen LogP contribution is -2.05. The largest absolute Gasteiger partial charge is 0.304 e. The van der Waals surface area contributed by atoms with E-state index in [4.69, 9.17) is 0 Å². The van der Waals surface area contributed by atoms with E-state index in [0.29, 0.717) is 23.9 Å². The van der Waals surface area contributed by atoms with Gasteiger partial charge in [0.1, 0.15) is 0 Å². The molecule has 0 aromatic carbocycles. The molecule has 0 aliphatic carbocycles. The van der Waals surface area contributed by atoms with E-state index in [2.05, 4.69) is 40.2 Å². The van der Waals surface area contributed by atoms with Crippen LogP contribution in [-0.2, 0) is 19.7 Å². The Kier molecular flexibility index (Phi) is 8.97. The summed E-state index contributed by atoms with van der Waals surface area (Å²) in [5.74, 6) is 0. The lowest BCUT2D eigenvalue weighted by atomic mass is 10.9. The predicted molar refractivity (Wildman–Crippen MR) is 47.6 cm³/mol. The van der Waals surface area contributed by atoms with E-state index in [1.54, 1.807) is 0 Å². The van der Waals surface area contributed by atoms with Crippen molar-refractivity contribution in [1.82, 2.24) is 0 Å². The number of alkyl halides is 2. The molecule has 0 aromatic rings. The topological polar surface area (TPSA) is 35.5 Å².